The molecule has 118 valence electrons. The molecule has 0 fully saturated rings. The molecule has 0 aliphatic rings. The van der Waals surface area contributed by atoms with Gasteiger partial charge >= 0.3 is 0 Å². The number of carbonyl (C=O) groups excluding carboxylic acids is 1. The second kappa shape index (κ2) is 8.67. The van der Waals surface area contributed by atoms with E-state index in [9.17, 15) is 9.90 Å². The predicted octanol–water partition coefficient (Wildman–Crippen LogP) is 2.67. The zero-order chi connectivity index (χ0) is 15.8. The van der Waals surface area contributed by atoms with Crippen LogP contribution in [0.4, 0.5) is 5.69 Å². The summed E-state index contributed by atoms with van der Waals surface area (Å²) in [6.45, 7) is 7.52. The number of nitrogens with one attached hydrogen (secondary N) is 1. The molecule has 0 heterocycles. The van der Waals surface area contributed by atoms with Crippen molar-refractivity contribution in [2.24, 2.45) is 5.92 Å². The smallest absolute Gasteiger partial charge is 0.251 e. The van der Waals surface area contributed by atoms with Crippen LogP contribution < -0.4 is 10.2 Å². The van der Waals surface area contributed by atoms with E-state index in [1.807, 2.05) is 31.2 Å². The van der Waals surface area contributed by atoms with Crippen LogP contribution in [-0.4, -0.2) is 37.3 Å². The number of hydrogen-bond acceptors (Lipinski definition) is 3. The average molecular weight is 292 g/mol. The van der Waals surface area contributed by atoms with Crippen LogP contribution in [-0.2, 0) is 0 Å². The summed E-state index contributed by atoms with van der Waals surface area (Å²) in [5.41, 5.74) is 1.80. The van der Waals surface area contributed by atoms with Crippen molar-refractivity contribution < 1.29 is 9.90 Å². The Bertz CT molecular complexity index is 429. The second-order valence-electron chi connectivity index (χ2n) is 5.87. The van der Waals surface area contributed by atoms with E-state index < -0.39 is 0 Å². The quantitative estimate of drug-likeness (QED) is 0.774. The van der Waals surface area contributed by atoms with Gasteiger partial charge in [0.2, 0.25) is 0 Å². The number of aliphatic hydroxyl groups is 1. The van der Waals surface area contributed by atoms with E-state index in [1.54, 1.807) is 6.92 Å². The van der Waals surface area contributed by atoms with Crippen molar-refractivity contribution in [1.29, 1.82) is 0 Å². The molecule has 0 aliphatic heterocycles. The summed E-state index contributed by atoms with van der Waals surface area (Å²) >= 11 is 0. The van der Waals surface area contributed by atoms with Crippen LogP contribution in [0.3, 0.4) is 0 Å². The van der Waals surface area contributed by atoms with Crippen molar-refractivity contribution in [3.8, 4) is 0 Å². The lowest BCUT2D eigenvalue weighted by atomic mass is 10.0. The van der Waals surface area contributed by atoms with Crippen LogP contribution >= 0.6 is 0 Å². The molecule has 0 saturated heterocycles. The van der Waals surface area contributed by atoms with E-state index >= 15 is 0 Å². The maximum atomic E-state index is 12.1. The Morgan fingerprint density at radius 1 is 1.29 bits per heavy atom. The van der Waals surface area contributed by atoms with Gasteiger partial charge in [-0.2, -0.15) is 0 Å². The molecule has 4 nitrogen and oxygen atoms in total. The molecule has 0 saturated carbocycles. The number of carbonyl (C=O) groups is 1. The summed E-state index contributed by atoms with van der Waals surface area (Å²) in [6.07, 6.45) is 1.46. The molecule has 0 spiro atoms. The zero-order valence-corrected chi connectivity index (χ0v) is 13.6. The Labute approximate surface area is 128 Å². The van der Waals surface area contributed by atoms with Gasteiger partial charge in [-0.15, -0.1) is 0 Å². The molecule has 0 bridgehead atoms. The van der Waals surface area contributed by atoms with Gasteiger partial charge in [-0.25, -0.2) is 0 Å². The maximum Gasteiger partial charge on any atom is 0.251 e. The predicted molar refractivity (Wildman–Crippen MR) is 87.8 cm³/mol. The SMILES string of the molecule is CCCN(C)c1ccc(C(=O)NCC(C)CC(C)O)cc1. The minimum atomic E-state index is -0.328. The van der Waals surface area contributed by atoms with Crippen LogP contribution in [0, 0.1) is 5.92 Å². The summed E-state index contributed by atoms with van der Waals surface area (Å²) < 4.78 is 0. The van der Waals surface area contributed by atoms with Gasteiger partial charge in [-0.05, 0) is 49.9 Å². The highest BCUT2D eigenvalue weighted by Crippen LogP contribution is 2.14. The molecule has 1 rings (SSSR count). The van der Waals surface area contributed by atoms with Crippen LogP contribution in [0.5, 0.6) is 0 Å². The molecule has 2 unspecified atom stereocenters. The first kappa shape index (κ1) is 17.5. The molecule has 1 amide bonds. The van der Waals surface area contributed by atoms with Crippen LogP contribution in [0.25, 0.3) is 0 Å². The van der Waals surface area contributed by atoms with Gasteiger partial charge in [0.15, 0.2) is 0 Å². The molecule has 1 aromatic rings. The van der Waals surface area contributed by atoms with E-state index in [1.165, 1.54) is 0 Å². The van der Waals surface area contributed by atoms with Crippen molar-refractivity contribution in [3.63, 3.8) is 0 Å². The third-order valence-electron chi connectivity index (χ3n) is 3.48. The molecule has 21 heavy (non-hydrogen) atoms. The Morgan fingerprint density at radius 3 is 2.43 bits per heavy atom. The Kier molecular flexibility index (Phi) is 7.23. The summed E-state index contributed by atoms with van der Waals surface area (Å²) in [5, 5.41) is 12.2. The van der Waals surface area contributed by atoms with E-state index in [0.717, 1.165) is 18.7 Å². The van der Waals surface area contributed by atoms with Gasteiger partial charge in [-0.1, -0.05) is 13.8 Å². The Morgan fingerprint density at radius 2 is 1.90 bits per heavy atom. The number of rotatable bonds is 8. The standard InChI is InChI=1S/C17H28N2O2/c1-5-10-19(4)16-8-6-15(7-9-16)17(21)18-12-13(2)11-14(3)20/h6-9,13-14,20H,5,10-12H2,1-4H3,(H,18,21). The van der Waals surface area contributed by atoms with Crippen molar-refractivity contribution >= 4 is 11.6 Å². The van der Waals surface area contributed by atoms with Crippen molar-refractivity contribution in [2.75, 3.05) is 25.0 Å². The number of nitrogens with zero attached hydrogens (tertiary/aromatic N) is 1. The highest BCUT2D eigenvalue weighted by atomic mass is 16.3. The lowest BCUT2D eigenvalue weighted by Crippen LogP contribution is -2.29. The van der Waals surface area contributed by atoms with Gasteiger partial charge < -0.3 is 15.3 Å². The van der Waals surface area contributed by atoms with Crippen molar-refractivity contribution in [2.45, 2.75) is 39.7 Å². The second-order valence-corrected chi connectivity index (χ2v) is 5.87. The molecule has 0 aliphatic carbocycles. The Balaban J connectivity index is 2.51. The first-order valence-corrected chi connectivity index (χ1v) is 7.71. The molecule has 2 atom stereocenters. The third-order valence-corrected chi connectivity index (χ3v) is 3.48. The van der Waals surface area contributed by atoms with Crippen molar-refractivity contribution in [1.82, 2.24) is 5.32 Å². The molecular formula is C17H28N2O2. The lowest BCUT2D eigenvalue weighted by Gasteiger charge is -2.18. The van der Waals surface area contributed by atoms with E-state index in [0.29, 0.717) is 18.5 Å². The zero-order valence-electron chi connectivity index (χ0n) is 13.6. The number of amides is 1. The molecule has 4 heteroatoms. The highest BCUT2D eigenvalue weighted by Gasteiger charge is 2.10. The van der Waals surface area contributed by atoms with E-state index in [2.05, 4.69) is 24.2 Å². The number of hydrogen-bond donors (Lipinski definition) is 2. The molecule has 2 N–H and O–H groups in total. The lowest BCUT2D eigenvalue weighted by molar-refractivity contribution is 0.0939. The average Bonchev–Trinajstić information content (AvgIpc) is 2.44. The topological polar surface area (TPSA) is 52.6 Å². The fourth-order valence-electron chi connectivity index (χ4n) is 2.37. The largest absolute Gasteiger partial charge is 0.393 e. The molecule has 1 aromatic carbocycles. The van der Waals surface area contributed by atoms with Crippen molar-refractivity contribution in [3.05, 3.63) is 29.8 Å². The number of anilines is 1. The van der Waals surface area contributed by atoms with Crippen LogP contribution in [0.2, 0.25) is 0 Å². The molecule has 0 radical (unpaired) electrons. The van der Waals surface area contributed by atoms with E-state index in [4.69, 9.17) is 0 Å². The normalized spacial score (nSPS) is 13.6. The van der Waals surface area contributed by atoms with Crippen LogP contribution in [0.15, 0.2) is 24.3 Å². The first-order valence-electron chi connectivity index (χ1n) is 7.71. The molecular weight excluding hydrogens is 264 g/mol. The molecule has 0 aromatic heterocycles. The highest BCUT2D eigenvalue weighted by molar-refractivity contribution is 5.94. The minimum absolute atomic E-state index is 0.0582. The summed E-state index contributed by atoms with van der Waals surface area (Å²) in [4.78, 5) is 14.2. The van der Waals surface area contributed by atoms with Gasteiger partial charge in [0.1, 0.15) is 0 Å². The first-order chi connectivity index (χ1) is 9.93. The third kappa shape index (κ3) is 6.17. The van der Waals surface area contributed by atoms with Crippen LogP contribution in [0.1, 0.15) is 44.0 Å². The van der Waals surface area contributed by atoms with Gasteiger partial charge in [0, 0.05) is 31.4 Å². The van der Waals surface area contributed by atoms with Gasteiger partial charge in [0.05, 0.1) is 6.10 Å². The van der Waals surface area contributed by atoms with Gasteiger partial charge in [-0.3, -0.25) is 4.79 Å². The summed E-state index contributed by atoms with van der Waals surface area (Å²) in [6, 6.07) is 7.67. The fourth-order valence-corrected chi connectivity index (χ4v) is 2.37. The monoisotopic (exact) mass is 292 g/mol. The maximum absolute atomic E-state index is 12.1. The fraction of sp³-hybridized carbons (Fsp3) is 0.588. The number of aliphatic hydroxyl groups excluding tert-OH is 1. The number of benzene rings is 1. The Hall–Kier alpha value is -1.55. The summed E-state index contributed by atoms with van der Waals surface area (Å²) in [5.74, 6) is 0.209. The van der Waals surface area contributed by atoms with E-state index in [-0.39, 0.29) is 17.9 Å². The van der Waals surface area contributed by atoms with Gasteiger partial charge in [0.25, 0.3) is 5.91 Å². The summed E-state index contributed by atoms with van der Waals surface area (Å²) in [7, 11) is 2.05. The minimum Gasteiger partial charge on any atom is -0.393 e.